The van der Waals surface area contributed by atoms with Gasteiger partial charge in [0, 0.05) is 12.4 Å². The first-order valence-corrected chi connectivity index (χ1v) is 6.43. The van der Waals surface area contributed by atoms with Gasteiger partial charge in [-0.15, -0.1) is 0 Å². The van der Waals surface area contributed by atoms with Crippen molar-refractivity contribution in [1.82, 2.24) is 9.97 Å². The minimum atomic E-state index is -0.801. The molecule has 2 rings (SSSR count). The van der Waals surface area contributed by atoms with Gasteiger partial charge < -0.3 is 5.11 Å². The molecule has 1 heterocycles. The van der Waals surface area contributed by atoms with E-state index in [9.17, 15) is 5.11 Å². The van der Waals surface area contributed by atoms with E-state index in [1.165, 1.54) is 6.42 Å². The molecular formula is C14H22N2O. The van der Waals surface area contributed by atoms with E-state index < -0.39 is 5.60 Å². The SMILES string of the molecule is CC(C)(C)C1CCCCC1(O)c1cnccn1. The van der Waals surface area contributed by atoms with Crippen molar-refractivity contribution >= 4 is 0 Å². The van der Waals surface area contributed by atoms with E-state index in [4.69, 9.17) is 0 Å². The molecule has 0 aliphatic heterocycles. The molecule has 1 aromatic heterocycles. The molecule has 3 heteroatoms. The number of hydrogen-bond donors (Lipinski definition) is 1. The summed E-state index contributed by atoms with van der Waals surface area (Å²) >= 11 is 0. The Morgan fingerprint density at radius 2 is 2.06 bits per heavy atom. The number of hydrogen-bond acceptors (Lipinski definition) is 3. The van der Waals surface area contributed by atoms with Gasteiger partial charge >= 0.3 is 0 Å². The molecule has 1 saturated carbocycles. The van der Waals surface area contributed by atoms with Gasteiger partial charge in [0.15, 0.2) is 0 Å². The standard InChI is InChI=1S/C14H22N2O/c1-13(2,3)11-6-4-5-7-14(11,17)12-10-15-8-9-16-12/h8-11,17H,4-7H2,1-3H3. The Bertz CT molecular complexity index is 372. The maximum Gasteiger partial charge on any atom is 0.111 e. The minimum Gasteiger partial charge on any atom is -0.383 e. The molecule has 2 atom stereocenters. The van der Waals surface area contributed by atoms with Crippen LogP contribution < -0.4 is 0 Å². The lowest BCUT2D eigenvalue weighted by atomic mass is 9.63. The predicted molar refractivity (Wildman–Crippen MR) is 67.3 cm³/mol. The summed E-state index contributed by atoms with van der Waals surface area (Å²) in [5.41, 5.74) is 0.0249. The molecule has 1 fully saturated rings. The molecule has 17 heavy (non-hydrogen) atoms. The topological polar surface area (TPSA) is 46.0 Å². The van der Waals surface area contributed by atoms with E-state index in [1.807, 2.05) is 0 Å². The molecule has 0 radical (unpaired) electrons. The molecule has 3 nitrogen and oxygen atoms in total. The van der Waals surface area contributed by atoms with Crippen molar-refractivity contribution in [2.75, 3.05) is 0 Å². The van der Waals surface area contributed by atoms with Crippen LogP contribution in [0.15, 0.2) is 18.6 Å². The number of nitrogens with zero attached hydrogens (tertiary/aromatic N) is 2. The fourth-order valence-electron chi connectivity index (χ4n) is 3.13. The molecule has 0 amide bonds. The zero-order chi connectivity index (χ0) is 12.5. The van der Waals surface area contributed by atoms with Gasteiger partial charge in [-0.2, -0.15) is 0 Å². The molecule has 94 valence electrons. The van der Waals surface area contributed by atoms with Crippen molar-refractivity contribution in [2.45, 2.75) is 52.1 Å². The lowest BCUT2D eigenvalue weighted by Crippen LogP contribution is -2.45. The smallest absolute Gasteiger partial charge is 0.111 e. The Morgan fingerprint density at radius 1 is 1.29 bits per heavy atom. The van der Waals surface area contributed by atoms with Gasteiger partial charge in [0.1, 0.15) is 5.60 Å². The van der Waals surface area contributed by atoms with Crippen molar-refractivity contribution < 1.29 is 5.11 Å². The molecule has 0 aromatic carbocycles. The van der Waals surface area contributed by atoms with Crippen molar-refractivity contribution in [3.05, 3.63) is 24.3 Å². The van der Waals surface area contributed by atoms with Crippen LogP contribution in [0.1, 0.15) is 52.1 Å². The summed E-state index contributed by atoms with van der Waals surface area (Å²) in [6.07, 6.45) is 9.17. The van der Waals surface area contributed by atoms with Gasteiger partial charge in [-0.3, -0.25) is 9.97 Å². The Morgan fingerprint density at radius 3 is 2.65 bits per heavy atom. The van der Waals surface area contributed by atoms with Gasteiger partial charge in [0.25, 0.3) is 0 Å². The van der Waals surface area contributed by atoms with Crippen molar-refractivity contribution in [1.29, 1.82) is 0 Å². The number of rotatable bonds is 1. The highest BCUT2D eigenvalue weighted by Gasteiger charge is 2.46. The maximum atomic E-state index is 11.0. The van der Waals surface area contributed by atoms with E-state index >= 15 is 0 Å². The highest BCUT2D eigenvalue weighted by atomic mass is 16.3. The third-order valence-electron chi connectivity index (χ3n) is 3.93. The van der Waals surface area contributed by atoms with Crippen molar-refractivity contribution in [3.63, 3.8) is 0 Å². The first-order valence-electron chi connectivity index (χ1n) is 6.43. The van der Waals surface area contributed by atoms with Crippen LogP contribution in [0, 0.1) is 11.3 Å². The fourth-order valence-corrected chi connectivity index (χ4v) is 3.13. The second-order valence-electron chi connectivity index (χ2n) is 6.18. The van der Waals surface area contributed by atoms with Crippen LogP contribution in [-0.2, 0) is 5.60 Å². The quantitative estimate of drug-likeness (QED) is 0.812. The Hall–Kier alpha value is -0.960. The van der Waals surface area contributed by atoms with Crippen LogP contribution in [0.3, 0.4) is 0 Å². The van der Waals surface area contributed by atoms with Crippen LogP contribution in [0.25, 0.3) is 0 Å². The lowest BCUT2D eigenvalue weighted by Gasteiger charge is -2.46. The Kier molecular flexibility index (Phi) is 3.21. The number of aromatic nitrogens is 2. The largest absolute Gasteiger partial charge is 0.383 e. The third kappa shape index (κ3) is 2.34. The highest BCUT2D eigenvalue weighted by molar-refractivity contribution is 5.13. The van der Waals surface area contributed by atoms with Crippen LogP contribution in [-0.4, -0.2) is 15.1 Å². The molecule has 2 unspecified atom stereocenters. The van der Waals surface area contributed by atoms with Gasteiger partial charge in [0.2, 0.25) is 0 Å². The van der Waals surface area contributed by atoms with E-state index in [-0.39, 0.29) is 11.3 Å². The lowest BCUT2D eigenvalue weighted by molar-refractivity contribution is -0.0991. The first-order chi connectivity index (χ1) is 7.94. The van der Waals surface area contributed by atoms with E-state index in [0.717, 1.165) is 25.0 Å². The fraction of sp³-hybridized carbons (Fsp3) is 0.714. The van der Waals surface area contributed by atoms with Gasteiger partial charge in [-0.1, -0.05) is 33.6 Å². The molecule has 1 aromatic rings. The summed E-state index contributed by atoms with van der Waals surface area (Å²) in [5.74, 6) is 0.250. The summed E-state index contributed by atoms with van der Waals surface area (Å²) in [7, 11) is 0. The molecule has 1 aliphatic rings. The second kappa shape index (κ2) is 4.37. The highest BCUT2D eigenvalue weighted by Crippen LogP contribution is 2.48. The van der Waals surface area contributed by atoms with Crippen LogP contribution in [0.5, 0.6) is 0 Å². The molecule has 0 bridgehead atoms. The average Bonchev–Trinajstić information content (AvgIpc) is 2.29. The van der Waals surface area contributed by atoms with E-state index in [2.05, 4.69) is 30.7 Å². The third-order valence-corrected chi connectivity index (χ3v) is 3.93. The van der Waals surface area contributed by atoms with Gasteiger partial charge in [-0.05, 0) is 24.2 Å². The van der Waals surface area contributed by atoms with Crippen LogP contribution in [0.4, 0.5) is 0 Å². The van der Waals surface area contributed by atoms with E-state index in [0.29, 0.717) is 0 Å². The predicted octanol–water partition coefficient (Wildman–Crippen LogP) is 2.90. The van der Waals surface area contributed by atoms with E-state index in [1.54, 1.807) is 18.6 Å². The minimum absolute atomic E-state index is 0.0900. The Balaban J connectivity index is 2.38. The summed E-state index contributed by atoms with van der Waals surface area (Å²) in [5, 5.41) is 11.0. The zero-order valence-corrected chi connectivity index (χ0v) is 11.0. The van der Waals surface area contributed by atoms with Crippen LogP contribution in [0.2, 0.25) is 0 Å². The summed E-state index contributed by atoms with van der Waals surface area (Å²) in [6.45, 7) is 6.60. The summed E-state index contributed by atoms with van der Waals surface area (Å²) < 4.78 is 0. The van der Waals surface area contributed by atoms with Crippen molar-refractivity contribution in [3.8, 4) is 0 Å². The normalized spacial score (nSPS) is 30.2. The van der Waals surface area contributed by atoms with Gasteiger partial charge in [0.05, 0.1) is 11.9 Å². The van der Waals surface area contributed by atoms with Gasteiger partial charge in [-0.25, -0.2) is 0 Å². The monoisotopic (exact) mass is 234 g/mol. The van der Waals surface area contributed by atoms with Crippen molar-refractivity contribution in [2.24, 2.45) is 11.3 Å². The molecule has 1 N–H and O–H groups in total. The van der Waals surface area contributed by atoms with Crippen LogP contribution >= 0.6 is 0 Å². The Labute approximate surface area is 103 Å². The molecular weight excluding hydrogens is 212 g/mol. The number of aliphatic hydroxyl groups is 1. The molecule has 0 spiro atoms. The molecule has 0 saturated heterocycles. The zero-order valence-electron chi connectivity index (χ0n) is 11.0. The first kappa shape index (κ1) is 12.5. The summed E-state index contributed by atoms with van der Waals surface area (Å²) in [4.78, 5) is 8.42. The second-order valence-corrected chi connectivity index (χ2v) is 6.18. The average molecular weight is 234 g/mol. The maximum absolute atomic E-state index is 11.0. The molecule has 1 aliphatic carbocycles. The summed E-state index contributed by atoms with van der Waals surface area (Å²) in [6, 6.07) is 0.